The van der Waals surface area contributed by atoms with Crippen LogP contribution in [-0.4, -0.2) is 34.3 Å². The lowest BCUT2D eigenvalue weighted by Crippen LogP contribution is -2.29. The van der Waals surface area contributed by atoms with Gasteiger partial charge in [0.05, 0.1) is 5.75 Å². The molecule has 2 N–H and O–H groups in total. The second kappa shape index (κ2) is 5.51. The van der Waals surface area contributed by atoms with Crippen LogP contribution in [0.1, 0.15) is 13.3 Å². The number of hydrogen-bond donors (Lipinski definition) is 2. The molecular formula is C6H16N2O2S. The van der Waals surface area contributed by atoms with Crippen molar-refractivity contribution in [2.45, 2.75) is 13.3 Å². The van der Waals surface area contributed by atoms with Gasteiger partial charge in [0.2, 0.25) is 10.0 Å². The van der Waals surface area contributed by atoms with Gasteiger partial charge in [-0.05, 0) is 20.0 Å². The third-order valence-electron chi connectivity index (χ3n) is 1.29. The average molecular weight is 180 g/mol. The van der Waals surface area contributed by atoms with E-state index in [0.717, 1.165) is 13.0 Å². The summed E-state index contributed by atoms with van der Waals surface area (Å²) in [6.45, 7) is 3.44. The Morgan fingerprint density at radius 1 is 1.27 bits per heavy atom. The molecule has 0 aliphatic heterocycles. The van der Waals surface area contributed by atoms with Crippen molar-refractivity contribution >= 4 is 10.0 Å². The highest BCUT2D eigenvalue weighted by atomic mass is 32.2. The number of nitrogens with one attached hydrogen (secondary N) is 2. The van der Waals surface area contributed by atoms with Crippen LogP contribution in [0.25, 0.3) is 0 Å². The molecule has 11 heavy (non-hydrogen) atoms. The second-order valence-electron chi connectivity index (χ2n) is 2.27. The van der Waals surface area contributed by atoms with Gasteiger partial charge < -0.3 is 5.32 Å². The van der Waals surface area contributed by atoms with Crippen LogP contribution in [0.3, 0.4) is 0 Å². The molecular weight excluding hydrogens is 164 g/mol. The van der Waals surface area contributed by atoms with Gasteiger partial charge in [-0.15, -0.1) is 0 Å². The van der Waals surface area contributed by atoms with E-state index >= 15 is 0 Å². The molecule has 0 aliphatic rings. The van der Waals surface area contributed by atoms with E-state index in [9.17, 15) is 8.42 Å². The summed E-state index contributed by atoms with van der Waals surface area (Å²) in [5.41, 5.74) is 0. The molecule has 0 radical (unpaired) electrons. The third-order valence-corrected chi connectivity index (χ3v) is 2.65. The van der Waals surface area contributed by atoms with Crippen molar-refractivity contribution < 1.29 is 8.42 Å². The zero-order valence-electron chi connectivity index (χ0n) is 7.05. The van der Waals surface area contributed by atoms with Crippen LogP contribution >= 0.6 is 0 Å². The zero-order valence-corrected chi connectivity index (χ0v) is 7.87. The molecule has 0 spiro atoms. The number of rotatable bonds is 6. The zero-order chi connectivity index (χ0) is 8.74. The molecule has 0 rings (SSSR count). The van der Waals surface area contributed by atoms with Crippen molar-refractivity contribution in [3.63, 3.8) is 0 Å². The normalized spacial score (nSPS) is 11.8. The molecule has 5 heteroatoms. The fourth-order valence-corrected chi connectivity index (χ4v) is 1.23. The van der Waals surface area contributed by atoms with Gasteiger partial charge in [0.1, 0.15) is 0 Å². The van der Waals surface area contributed by atoms with Gasteiger partial charge in [0.15, 0.2) is 0 Å². The van der Waals surface area contributed by atoms with Crippen LogP contribution in [0.5, 0.6) is 0 Å². The fourth-order valence-electron chi connectivity index (χ4n) is 0.610. The molecule has 0 saturated carbocycles. The maximum Gasteiger partial charge on any atom is 0.212 e. The van der Waals surface area contributed by atoms with Gasteiger partial charge in [-0.3, -0.25) is 0 Å². The number of sulfonamides is 1. The Morgan fingerprint density at radius 3 is 2.36 bits per heavy atom. The van der Waals surface area contributed by atoms with Crippen LogP contribution in [-0.2, 0) is 10.0 Å². The molecule has 68 valence electrons. The van der Waals surface area contributed by atoms with Gasteiger partial charge in [0.25, 0.3) is 0 Å². The minimum atomic E-state index is -3.01. The van der Waals surface area contributed by atoms with Crippen molar-refractivity contribution in [3.8, 4) is 0 Å². The molecule has 0 atom stereocenters. The van der Waals surface area contributed by atoms with E-state index in [-0.39, 0.29) is 5.75 Å². The van der Waals surface area contributed by atoms with Crippen molar-refractivity contribution in [3.05, 3.63) is 0 Å². The van der Waals surface area contributed by atoms with E-state index in [1.54, 1.807) is 0 Å². The highest BCUT2D eigenvalue weighted by molar-refractivity contribution is 7.89. The summed E-state index contributed by atoms with van der Waals surface area (Å²) >= 11 is 0. The summed E-state index contributed by atoms with van der Waals surface area (Å²) < 4.78 is 23.9. The van der Waals surface area contributed by atoms with Crippen LogP contribution in [0.4, 0.5) is 0 Å². The predicted molar refractivity (Wildman–Crippen MR) is 46.0 cm³/mol. The fraction of sp³-hybridized carbons (Fsp3) is 1.00. The van der Waals surface area contributed by atoms with Gasteiger partial charge >= 0.3 is 0 Å². The van der Waals surface area contributed by atoms with E-state index in [1.807, 2.05) is 6.92 Å². The quantitative estimate of drug-likeness (QED) is 0.544. The molecule has 0 heterocycles. The molecule has 0 aromatic heterocycles. The minimum Gasteiger partial charge on any atom is -0.316 e. The Labute approximate surface area is 68.4 Å². The number of hydrogen-bond acceptors (Lipinski definition) is 3. The molecule has 0 aliphatic carbocycles. The standard InChI is InChI=1S/C6H16N2O2S/c1-3-4-8-5-6-11(9,10)7-2/h7-8H,3-6H2,1-2H3. The van der Waals surface area contributed by atoms with Crippen molar-refractivity contribution in [1.82, 2.24) is 10.0 Å². The van der Waals surface area contributed by atoms with E-state index in [1.165, 1.54) is 7.05 Å². The van der Waals surface area contributed by atoms with E-state index < -0.39 is 10.0 Å². The first-order valence-corrected chi connectivity index (χ1v) is 5.39. The minimum absolute atomic E-state index is 0.156. The molecule has 0 saturated heterocycles. The van der Waals surface area contributed by atoms with Crippen LogP contribution in [0.2, 0.25) is 0 Å². The summed E-state index contributed by atoms with van der Waals surface area (Å²) in [6, 6.07) is 0. The second-order valence-corrected chi connectivity index (χ2v) is 4.32. The van der Waals surface area contributed by atoms with E-state index in [4.69, 9.17) is 0 Å². The molecule has 0 unspecified atom stereocenters. The monoisotopic (exact) mass is 180 g/mol. The first kappa shape index (κ1) is 10.9. The lowest BCUT2D eigenvalue weighted by atomic mass is 10.5. The Hall–Kier alpha value is -0.130. The molecule has 0 bridgehead atoms. The smallest absolute Gasteiger partial charge is 0.212 e. The van der Waals surface area contributed by atoms with Crippen molar-refractivity contribution in [2.75, 3.05) is 25.9 Å². The van der Waals surface area contributed by atoms with E-state index in [0.29, 0.717) is 6.54 Å². The first-order chi connectivity index (χ1) is 5.12. The van der Waals surface area contributed by atoms with E-state index in [2.05, 4.69) is 10.0 Å². The lowest BCUT2D eigenvalue weighted by Gasteiger charge is -2.02. The first-order valence-electron chi connectivity index (χ1n) is 3.74. The summed E-state index contributed by atoms with van der Waals surface area (Å²) in [6.07, 6.45) is 1.03. The SMILES string of the molecule is CCCNCCS(=O)(=O)NC. The maximum absolute atomic E-state index is 10.8. The molecule has 0 amide bonds. The topological polar surface area (TPSA) is 58.2 Å². The Morgan fingerprint density at radius 2 is 1.91 bits per heavy atom. The predicted octanol–water partition coefficient (Wildman–Crippen LogP) is -0.465. The van der Waals surface area contributed by atoms with Gasteiger partial charge in [-0.1, -0.05) is 6.92 Å². The Bertz CT molecular complexity index is 177. The van der Waals surface area contributed by atoms with Gasteiger partial charge in [0, 0.05) is 6.54 Å². The highest BCUT2D eigenvalue weighted by Gasteiger charge is 2.04. The third kappa shape index (κ3) is 6.28. The molecule has 0 aromatic rings. The van der Waals surface area contributed by atoms with Crippen molar-refractivity contribution in [1.29, 1.82) is 0 Å². The van der Waals surface area contributed by atoms with Gasteiger partial charge in [-0.2, -0.15) is 0 Å². The van der Waals surface area contributed by atoms with Crippen LogP contribution in [0, 0.1) is 0 Å². The Kier molecular flexibility index (Phi) is 5.45. The van der Waals surface area contributed by atoms with Gasteiger partial charge in [-0.25, -0.2) is 13.1 Å². The summed E-state index contributed by atoms with van der Waals surface area (Å²) in [5, 5.41) is 3.01. The average Bonchev–Trinajstić information content (AvgIpc) is 1.99. The highest BCUT2D eigenvalue weighted by Crippen LogP contribution is 1.79. The maximum atomic E-state index is 10.8. The molecule has 4 nitrogen and oxygen atoms in total. The van der Waals surface area contributed by atoms with Crippen LogP contribution in [0.15, 0.2) is 0 Å². The van der Waals surface area contributed by atoms with Crippen LogP contribution < -0.4 is 10.0 Å². The summed E-state index contributed by atoms with van der Waals surface area (Å²) in [7, 11) is -1.59. The largest absolute Gasteiger partial charge is 0.316 e. The Balaban J connectivity index is 3.39. The lowest BCUT2D eigenvalue weighted by molar-refractivity contribution is 0.582. The summed E-state index contributed by atoms with van der Waals surface area (Å²) in [5.74, 6) is 0.156. The molecule has 0 fully saturated rings. The van der Waals surface area contributed by atoms with Crippen molar-refractivity contribution in [2.24, 2.45) is 0 Å². The summed E-state index contributed by atoms with van der Waals surface area (Å²) in [4.78, 5) is 0. The molecule has 0 aromatic carbocycles.